The molecule has 1 aliphatic heterocycles. The fraction of sp³-hybridized carbons (Fsp3) is 0.400. The molecular weight excluding hydrogens is 440 g/mol. The van der Waals surface area contributed by atoms with E-state index in [0.29, 0.717) is 22.5 Å². The third-order valence-electron chi connectivity index (χ3n) is 5.44. The molecule has 8 heteroatoms. The van der Waals surface area contributed by atoms with Gasteiger partial charge in [-0.1, -0.05) is 37.6 Å². The summed E-state index contributed by atoms with van der Waals surface area (Å²) in [5.41, 5.74) is 9.18. The molecule has 1 aromatic carbocycles. The van der Waals surface area contributed by atoms with Gasteiger partial charge in [-0.05, 0) is 73.7 Å². The van der Waals surface area contributed by atoms with Crippen molar-refractivity contribution >= 4 is 34.0 Å². The van der Waals surface area contributed by atoms with Crippen molar-refractivity contribution in [1.29, 1.82) is 0 Å². The number of nitrogens with one attached hydrogen (secondary N) is 1. The van der Waals surface area contributed by atoms with Gasteiger partial charge in [0.1, 0.15) is 11.9 Å². The van der Waals surface area contributed by atoms with Gasteiger partial charge in [-0.25, -0.2) is 9.78 Å². The lowest BCUT2D eigenvalue weighted by molar-refractivity contribution is -0.138. The lowest BCUT2D eigenvalue weighted by Gasteiger charge is -2.16. The molecule has 2 aromatic rings. The number of aliphatic carboxylic acids is 1. The predicted molar refractivity (Wildman–Crippen MR) is 135 cm³/mol. The van der Waals surface area contributed by atoms with Gasteiger partial charge in [-0.15, -0.1) is 0 Å². The van der Waals surface area contributed by atoms with E-state index in [1.165, 1.54) is 6.42 Å². The average Bonchev–Trinajstić information content (AvgIpc) is 2.83. The van der Waals surface area contributed by atoms with Crippen LogP contribution >= 0.6 is 11.6 Å². The van der Waals surface area contributed by atoms with E-state index >= 15 is 0 Å². The molecule has 1 aliphatic carbocycles. The number of rotatable bonds is 3. The van der Waals surface area contributed by atoms with Gasteiger partial charge in [-0.2, -0.15) is 0 Å². The molecule has 2 aliphatic rings. The van der Waals surface area contributed by atoms with E-state index in [2.05, 4.69) is 11.4 Å². The molecule has 0 radical (unpaired) electrons. The van der Waals surface area contributed by atoms with Crippen LogP contribution in [0.15, 0.2) is 46.9 Å². The topological polar surface area (TPSA) is 110 Å². The van der Waals surface area contributed by atoms with Gasteiger partial charge in [0, 0.05) is 18.6 Å². The lowest BCUT2D eigenvalue weighted by Crippen LogP contribution is -2.35. The number of carboxylic acid groups (broad SMARTS) is 1. The molecule has 0 bridgehead atoms. The van der Waals surface area contributed by atoms with Crippen LogP contribution in [0.3, 0.4) is 0 Å². The molecule has 0 amide bonds. The van der Waals surface area contributed by atoms with Crippen LogP contribution in [-0.4, -0.2) is 26.7 Å². The molecular formula is C25H33ClN4O3. The maximum absolute atomic E-state index is 12.6. The summed E-state index contributed by atoms with van der Waals surface area (Å²) in [7, 11) is 1.77. The van der Waals surface area contributed by atoms with E-state index in [1.54, 1.807) is 49.0 Å². The highest BCUT2D eigenvalue weighted by Crippen LogP contribution is 2.27. The Morgan fingerprint density at radius 3 is 2.61 bits per heavy atom. The van der Waals surface area contributed by atoms with E-state index in [0.717, 1.165) is 41.8 Å². The Balaban J connectivity index is 0.000000270. The van der Waals surface area contributed by atoms with Gasteiger partial charge in [-0.3, -0.25) is 9.36 Å². The molecule has 0 saturated carbocycles. The number of hydrogen-bond donors (Lipinski definition) is 3. The molecule has 1 atom stereocenters. The minimum absolute atomic E-state index is 0.0707. The first kappa shape index (κ1) is 26.4. The second-order valence-electron chi connectivity index (χ2n) is 7.65. The van der Waals surface area contributed by atoms with Crippen LogP contribution in [-0.2, 0) is 18.4 Å². The van der Waals surface area contributed by atoms with Crippen LogP contribution < -0.4 is 16.6 Å². The summed E-state index contributed by atoms with van der Waals surface area (Å²) in [6, 6.07) is 2.92. The highest BCUT2D eigenvalue weighted by atomic mass is 35.5. The Kier molecular flexibility index (Phi) is 9.88. The third-order valence-corrected chi connectivity index (χ3v) is 5.66. The number of carboxylic acids is 1. The summed E-state index contributed by atoms with van der Waals surface area (Å²) in [6.45, 7) is 6.10. The number of benzene rings is 1. The van der Waals surface area contributed by atoms with Crippen molar-refractivity contribution in [3.05, 3.63) is 68.9 Å². The summed E-state index contributed by atoms with van der Waals surface area (Å²) in [4.78, 5) is 27.8. The second kappa shape index (κ2) is 12.4. The molecule has 2 heterocycles. The largest absolute Gasteiger partial charge is 0.479 e. The highest BCUT2D eigenvalue weighted by Gasteiger charge is 2.18. The Morgan fingerprint density at radius 2 is 2.06 bits per heavy atom. The van der Waals surface area contributed by atoms with Crippen LogP contribution in [0.1, 0.15) is 57.8 Å². The lowest BCUT2D eigenvalue weighted by atomic mass is 9.98. The van der Waals surface area contributed by atoms with Crippen molar-refractivity contribution in [2.75, 3.05) is 0 Å². The van der Waals surface area contributed by atoms with Gasteiger partial charge >= 0.3 is 5.97 Å². The highest BCUT2D eigenvalue weighted by molar-refractivity contribution is 6.31. The zero-order chi connectivity index (χ0) is 24.5. The predicted octanol–water partition coefficient (Wildman–Crippen LogP) is 4.53. The molecule has 178 valence electrons. The number of nitrogens with two attached hydrogens (primary N) is 1. The number of carbonyl (C=O) groups is 1. The zero-order valence-electron chi connectivity index (χ0n) is 19.7. The Bertz CT molecular complexity index is 1150. The minimum atomic E-state index is -0.835. The normalized spacial score (nSPS) is 17.0. The summed E-state index contributed by atoms with van der Waals surface area (Å²) < 4.78 is 1.62. The fourth-order valence-corrected chi connectivity index (χ4v) is 3.98. The summed E-state index contributed by atoms with van der Waals surface area (Å²) in [6.07, 6.45) is 11.8. The fourth-order valence-electron chi connectivity index (χ4n) is 3.74. The van der Waals surface area contributed by atoms with Crippen molar-refractivity contribution in [2.45, 2.75) is 59.0 Å². The number of aromatic nitrogens is 2. The smallest absolute Gasteiger partial charge is 0.330 e. The van der Waals surface area contributed by atoms with Crippen molar-refractivity contribution < 1.29 is 9.90 Å². The van der Waals surface area contributed by atoms with Crippen LogP contribution in [0.25, 0.3) is 16.5 Å². The maximum atomic E-state index is 12.6. The summed E-state index contributed by atoms with van der Waals surface area (Å²) in [5, 5.41) is 12.3. The van der Waals surface area contributed by atoms with Crippen LogP contribution in [0.5, 0.6) is 0 Å². The van der Waals surface area contributed by atoms with Gasteiger partial charge < -0.3 is 16.2 Å². The van der Waals surface area contributed by atoms with Crippen LogP contribution in [0, 0.1) is 0 Å². The van der Waals surface area contributed by atoms with E-state index in [4.69, 9.17) is 27.4 Å². The number of allylic oxidation sites excluding steroid dienone is 4. The van der Waals surface area contributed by atoms with E-state index in [-0.39, 0.29) is 5.56 Å². The minimum Gasteiger partial charge on any atom is -0.479 e. The molecule has 4 rings (SSSR count). The van der Waals surface area contributed by atoms with Gasteiger partial charge in [0.15, 0.2) is 0 Å². The first-order chi connectivity index (χ1) is 15.8. The summed E-state index contributed by atoms with van der Waals surface area (Å²) >= 11 is 6.07. The number of nitrogens with zero attached hydrogens (tertiary/aromatic N) is 2. The number of hydrogen-bond acceptors (Lipinski definition) is 5. The van der Waals surface area contributed by atoms with Crippen LogP contribution in [0.2, 0.25) is 5.02 Å². The van der Waals surface area contributed by atoms with Gasteiger partial charge in [0.25, 0.3) is 5.56 Å². The molecule has 1 aromatic heterocycles. The van der Waals surface area contributed by atoms with Crippen molar-refractivity contribution in [1.82, 2.24) is 14.9 Å². The quantitative estimate of drug-likeness (QED) is 0.605. The molecule has 0 spiro atoms. The standard InChI is InChI=1S/C16H18ClN3O.C7H9NO2.C2H6/c1-20-15(10-5-3-2-4-6-10)19-14-11(9-18)7-12(17)8-13(14)16(20)21;1-5-3-2-4-8-6(5)7(9)10;1-2/h5,7-8H,2-4,6,9,18H2,1H3;2-4,6,8H,1H3,(H,9,10);1-2H3. The first-order valence-electron chi connectivity index (χ1n) is 11.2. The zero-order valence-corrected chi connectivity index (χ0v) is 20.4. The molecule has 1 unspecified atom stereocenters. The Labute approximate surface area is 199 Å². The molecule has 33 heavy (non-hydrogen) atoms. The average molecular weight is 473 g/mol. The third kappa shape index (κ3) is 6.33. The second-order valence-corrected chi connectivity index (χ2v) is 8.08. The number of fused-ring (bicyclic) bond motifs is 1. The maximum Gasteiger partial charge on any atom is 0.330 e. The first-order valence-corrected chi connectivity index (χ1v) is 11.6. The van der Waals surface area contributed by atoms with Crippen molar-refractivity contribution in [3.63, 3.8) is 0 Å². The Morgan fingerprint density at radius 1 is 1.33 bits per heavy atom. The molecule has 4 N–H and O–H groups in total. The molecule has 0 fully saturated rings. The van der Waals surface area contributed by atoms with Crippen molar-refractivity contribution in [3.8, 4) is 0 Å². The summed E-state index contributed by atoms with van der Waals surface area (Å²) in [5.74, 6) is -0.0812. The van der Waals surface area contributed by atoms with Gasteiger partial charge in [0.2, 0.25) is 0 Å². The molecule has 7 nitrogen and oxygen atoms in total. The Hall–Kier alpha value is -2.90. The van der Waals surface area contributed by atoms with Crippen LogP contribution in [0.4, 0.5) is 0 Å². The molecule has 0 saturated heterocycles. The van der Waals surface area contributed by atoms with E-state index < -0.39 is 12.0 Å². The number of halogens is 1. The SMILES string of the molecule is CC.CC1=CC=CNC1C(=O)O.Cn1c(C2=CCCCC2)nc2c(CN)cc(Cl)cc2c1=O. The van der Waals surface area contributed by atoms with E-state index in [9.17, 15) is 9.59 Å². The van der Waals surface area contributed by atoms with E-state index in [1.807, 2.05) is 13.8 Å². The van der Waals surface area contributed by atoms with Gasteiger partial charge in [0.05, 0.1) is 10.9 Å². The van der Waals surface area contributed by atoms with Crippen molar-refractivity contribution in [2.24, 2.45) is 12.8 Å². The number of dihydropyridines is 1. The monoisotopic (exact) mass is 472 g/mol.